The molecule has 1 unspecified atom stereocenters. The highest BCUT2D eigenvalue weighted by Gasteiger charge is 2.01. The summed E-state index contributed by atoms with van der Waals surface area (Å²) in [6, 6.07) is 0. The molecule has 0 aromatic rings. The minimum atomic E-state index is 0.318. The monoisotopic (exact) mass is 205 g/mol. The minimum absolute atomic E-state index is 0.318. The molecule has 2 nitrogen and oxygen atoms in total. The van der Waals surface area contributed by atoms with Gasteiger partial charge in [0, 0.05) is 18.9 Å². The average Bonchev–Trinajstić information content (AvgIpc) is 2.18. The van der Waals surface area contributed by atoms with E-state index in [4.69, 9.17) is 5.11 Å². The van der Waals surface area contributed by atoms with E-state index in [2.05, 4.69) is 25.7 Å². The van der Waals surface area contributed by atoms with Gasteiger partial charge in [0.05, 0.1) is 0 Å². The highest BCUT2D eigenvalue weighted by Crippen LogP contribution is 2.07. The van der Waals surface area contributed by atoms with Crippen LogP contribution >= 0.6 is 11.8 Å². The van der Waals surface area contributed by atoms with Gasteiger partial charge >= 0.3 is 0 Å². The van der Waals surface area contributed by atoms with Gasteiger partial charge in [-0.2, -0.15) is 11.8 Å². The number of thioether (sulfide) groups is 1. The first-order valence-corrected chi connectivity index (χ1v) is 6.31. The lowest BCUT2D eigenvalue weighted by Gasteiger charge is -2.17. The molecule has 0 saturated heterocycles. The van der Waals surface area contributed by atoms with Crippen molar-refractivity contribution in [3.63, 3.8) is 0 Å². The predicted octanol–water partition coefficient (Wildman–Crippen LogP) is 1.69. The van der Waals surface area contributed by atoms with E-state index in [0.717, 1.165) is 18.8 Å². The summed E-state index contributed by atoms with van der Waals surface area (Å²) in [5, 5.41) is 8.81. The average molecular weight is 205 g/mol. The molecule has 0 aliphatic heterocycles. The first kappa shape index (κ1) is 13.3. The van der Waals surface area contributed by atoms with Gasteiger partial charge in [0.25, 0.3) is 0 Å². The third-order valence-electron chi connectivity index (χ3n) is 2.16. The van der Waals surface area contributed by atoms with Crippen molar-refractivity contribution < 1.29 is 5.11 Å². The van der Waals surface area contributed by atoms with Gasteiger partial charge in [-0.1, -0.05) is 20.8 Å². The highest BCUT2D eigenvalue weighted by molar-refractivity contribution is 7.99. The topological polar surface area (TPSA) is 23.5 Å². The van der Waals surface area contributed by atoms with Crippen molar-refractivity contribution in [1.82, 2.24) is 4.90 Å². The molecule has 0 spiro atoms. The molecule has 0 fully saturated rings. The highest BCUT2D eigenvalue weighted by atomic mass is 32.2. The van der Waals surface area contributed by atoms with Crippen LogP contribution in [0.4, 0.5) is 0 Å². The van der Waals surface area contributed by atoms with Gasteiger partial charge in [0.15, 0.2) is 0 Å². The Labute approximate surface area is 86.7 Å². The summed E-state index contributed by atoms with van der Waals surface area (Å²) in [5.41, 5.74) is 0. The van der Waals surface area contributed by atoms with Crippen LogP contribution in [0.5, 0.6) is 0 Å². The second-order valence-corrected chi connectivity index (χ2v) is 4.54. The van der Waals surface area contributed by atoms with E-state index >= 15 is 0 Å². The molecule has 0 heterocycles. The Hall–Kier alpha value is 0.270. The largest absolute Gasteiger partial charge is 0.396 e. The fourth-order valence-corrected chi connectivity index (χ4v) is 2.13. The quantitative estimate of drug-likeness (QED) is 0.610. The lowest BCUT2D eigenvalue weighted by Crippen LogP contribution is -2.25. The molecule has 0 aromatic heterocycles. The number of aliphatic hydroxyl groups excluding tert-OH is 1. The van der Waals surface area contributed by atoms with Crippen LogP contribution in [0, 0.1) is 5.92 Å². The van der Waals surface area contributed by atoms with Crippen LogP contribution < -0.4 is 0 Å². The zero-order chi connectivity index (χ0) is 10.1. The number of hydrogen-bond acceptors (Lipinski definition) is 3. The molecule has 3 heteroatoms. The lowest BCUT2D eigenvalue weighted by molar-refractivity contribution is 0.250. The third-order valence-corrected chi connectivity index (χ3v) is 3.44. The SMILES string of the molecule is CCN(CC)CCSCC(C)CO. The number of rotatable bonds is 8. The molecule has 0 bridgehead atoms. The van der Waals surface area contributed by atoms with Crippen LogP contribution in [0.25, 0.3) is 0 Å². The molecule has 0 aromatic carbocycles. The molecule has 0 aliphatic rings. The number of hydrogen-bond donors (Lipinski definition) is 1. The zero-order valence-electron chi connectivity index (χ0n) is 9.12. The van der Waals surface area contributed by atoms with E-state index in [1.165, 1.54) is 12.3 Å². The van der Waals surface area contributed by atoms with Crippen LogP contribution in [0.2, 0.25) is 0 Å². The summed E-state index contributed by atoms with van der Waals surface area (Å²) in [7, 11) is 0. The van der Waals surface area contributed by atoms with E-state index in [1.807, 2.05) is 11.8 Å². The van der Waals surface area contributed by atoms with E-state index < -0.39 is 0 Å². The van der Waals surface area contributed by atoms with Gasteiger partial charge in [-0.25, -0.2) is 0 Å². The van der Waals surface area contributed by atoms with Crippen molar-refractivity contribution in [2.75, 3.05) is 37.7 Å². The van der Waals surface area contributed by atoms with Crippen LogP contribution in [0.3, 0.4) is 0 Å². The molecular formula is C10H23NOS. The van der Waals surface area contributed by atoms with E-state index in [1.54, 1.807) is 0 Å². The molecule has 0 rings (SSSR count). The smallest absolute Gasteiger partial charge is 0.0464 e. The van der Waals surface area contributed by atoms with Crippen molar-refractivity contribution >= 4 is 11.8 Å². The summed E-state index contributed by atoms with van der Waals surface area (Å²) < 4.78 is 0. The zero-order valence-corrected chi connectivity index (χ0v) is 9.94. The molecule has 1 atom stereocenters. The van der Waals surface area contributed by atoms with Crippen molar-refractivity contribution in [3.8, 4) is 0 Å². The maximum atomic E-state index is 8.81. The summed E-state index contributed by atoms with van der Waals surface area (Å²) >= 11 is 1.94. The van der Waals surface area contributed by atoms with E-state index in [0.29, 0.717) is 12.5 Å². The van der Waals surface area contributed by atoms with Gasteiger partial charge in [-0.15, -0.1) is 0 Å². The van der Waals surface area contributed by atoms with Gasteiger partial charge in [0.2, 0.25) is 0 Å². The van der Waals surface area contributed by atoms with Gasteiger partial charge in [-0.3, -0.25) is 0 Å². The summed E-state index contributed by atoms with van der Waals surface area (Å²) in [6.45, 7) is 10.3. The Bertz CT molecular complexity index is 107. The summed E-state index contributed by atoms with van der Waals surface area (Å²) in [4.78, 5) is 2.43. The van der Waals surface area contributed by atoms with Crippen LogP contribution in [-0.2, 0) is 0 Å². The van der Waals surface area contributed by atoms with E-state index in [-0.39, 0.29) is 0 Å². The molecule has 0 aliphatic carbocycles. The fourth-order valence-electron chi connectivity index (χ4n) is 1.07. The fraction of sp³-hybridized carbons (Fsp3) is 1.00. The van der Waals surface area contributed by atoms with Crippen molar-refractivity contribution in [3.05, 3.63) is 0 Å². The Balaban J connectivity index is 3.23. The van der Waals surface area contributed by atoms with Gasteiger partial charge in [0.1, 0.15) is 0 Å². The standard InChI is InChI=1S/C10H23NOS/c1-4-11(5-2)6-7-13-9-10(3)8-12/h10,12H,4-9H2,1-3H3. The van der Waals surface area contributed by atoms with Crippen LogP contribution in [0.1, 0.15) is 20.8 Å². The van der Waals surface area contributed by atoms with E-state index in [9.17, 15) is 0 Å². The molecule has 0 saturated carbocycles. The number of aliphatic hydroxyl groups is 1. The van der Waals surface area contributed by atoms with Crippen LogP contribution in [-0.4, -0.2) is 47.8 Å². The van der Waals surface area contributed by atoms with Gasteiger partial charge in [-0.05, 0) is 24.8 Å². The lowest BCUT2D eigenvalue weighted by atomic mass is 10.2. The van der Waals surface area contributed by atoms with Crippen molar-refractivity contribution in [1.29, 1.82) is 0 Å². The summed E-state index contributed by atoms with van der Waals surface area (Å²) in [6.07, 6.45) is 0. The molecule has 13 heavy (non-hydrogen) atoms. The van der Waals surface area contributed by atoms with Crippen molar-refractivity contribution in [2.24, 2.45) is 5.92 Å². The Morgan fingerprint density at radius 1 is 1.31 bits per heavy atom. The Morgan fingerprint density at radius 2 is 1.92 bits per heavy atom. The van der Waals surface area contributed by atoms with Crippen molar-refractivity contribution in [2.45, 2.75) is 20.8 Å². The molecule has 0 amide bonds. The third kappa shape index (κ3) is 7.35. The minimum Gasteiger partial charge on any atom is -0.396 e. The molecule has 80 valence electrons. The molecule has 0 radical (unpaired) electrons. The molecular weight excluding hydrogens is 182 g/mol. The molecule has 1 N–H and O–H groups in total. The second kappa shape index (κ2) is 8.85. The summed E-state index contributed by atoms with van der Waals surface area (Å²) in [5.74, 6) is 2.71. The normalized spacial score (nSPS) is 13.6. The maximum absolute atomic E-state index is 8.81. The van der Waals surface area contributed by atoms with Crippen LogP contribution in [0.15, 0.2) is 0 Å². The maximum Gasteiger partial charge on any atom is 0.0464 e. The second-order valence-electron chi connectivity index (χ2n) is 3.39. The van der Waals surface area contributed by atoms with Gasteiger partial charge < -0.3 is 10.0 Å². The Morgan fingerprint density at radius 3 is 2.38 bits per heavy atom. The first-order chi connectivity index (χ1) is 6.24. The number of nitrogens with zero attached hydrogens (tertiary/aromatic N) is 1. The predicted molar refractivity (Wildman–Crippen MR) is 61.4 cm³/mol. The Kier molecular flexibility index (Phi) is 9.03. The first-order valence-electron chi connectivity index (χ1n) is 5.15.